The highest BCUT2D eigenvalue weighted by Gasteiger charge is 2.14. The molecule has 0 spiro atoms. The molecule has 26 heavy (non-hydrogen) atoms. The van der Waals surface area contributed by atoms with Crippen molar-refractivity contribution in [1.29, 1.82) is 0 Å². The Balaban J connectivity index is 1.56. The van der Waals surface area contributed by atoms with Gasteiger partial charge in [0.2, 0.25) is 0 Å². The van der Waals surface area contributed by atoms with E-state index in [0.717, 1.165) is 55.9 Å². The SMILES string of the molecule is CCOc1ccc2[nH]c3c(=O)n(CCC[NH+]4CCOCC4)cnc3c2c1. The van der Waals surface area contributed by atoms with Gasteiger partial charge in [0.15, 0.2) is 0 Å². The van der Waals surface area contributed by atoms with Crippen LogP contribution in [0, 0.1) is 0 Å². The molecule has 0 bridgehead atoms. The normalized spacial score (nSPS) is 15.7. The molecule has 3 heterocycles. The topological polar surface area (TPSA) is 73.6 Å². The fourth-order valence-electron chi connectivity index (χ4n) is 3.59. The standard InChI is InChI=1S/C19H24N4O3/c1-2-26-14-4-5-16-15(12-14)17-18(21-16)19(24)23(13-20-17)7-3-6-22-8-10-25-11-9-22/h4-5,12-13,21H,2-3,6-11H2,1H3/p+1. The first-order valence-corrected chi connectivity index (χ1v) is 9.31. The predicted molar refractivity (Wildman–Crippen MR) is 100 cm³/mol. The molecular weight excluding hydrogens is 332 g/mol. The third kappa shape index (κ3) is 3.32. The van der Waals surface area contributed by atoms with E-state index in [1.54, 1.807) is 15.8 Å². The van der Waals surface area contributed by atoms with Gasteiger partial charge in [-0.2, -0.15) is 0 Å². The first-order valence-electron chi connectivity index (χ1n) is 9.31. The van der Waals surface area contributed by atoms with Gasteiger partial charge in [0.1, 0.15) is 29.9 Å². The molecule has 1 aromatic carbocycles. The minimum atomic E-state index is -0.0128. The Morgan fingerprint density at radius 1 is 1.35 bits per heavy atom. The van der Waals surface area contributed by atoms with E-state index in [4.69, 9.17) is 9.47 Å². The predicted octanol–water partition coefficient (Wildman–Crippen LogP) is 0.582. The number of hydrogen-bond donors (Lipinski definition) is 2. The number of morpholine rings is 1. The fraction of sp³-hybridized carbons (Fsp3) is 0.474. The van der Waals surface area contributed by atoms with Crippen molar-refractivity contribution in [3.63, 3.8) is 0 Å². The molecule has 1 aliphatic heterocycles. The zero-order valence-corrected chi connectivity index (χ0v) is 15.1. The molecule has 0 radical (unpaired) electrons. The Morgan fingerprint density at radius 2 is 2.19 bits per heavy atom. The maximum absolute atomic E-state index is 12.8. The van der Waals surface area contributed by atoms with Crippen molar-refractivity contribution in [1.82, 2.24) is 14.5 Å². The van der Waals surface area contributed by atoms with E-state index in [2.05, 4.69) is 9.97 Å². The summed E-state index contributed by atoms with van der Waals surface area (Å²) in [5, 5.41) is 0.924. The Bertz CT molecular complexity index is 956. The number of benzene rings is 1. The van der Waals surface area contributed by atoms with E-state index < -0.39 is 0 Å². The van der Waals surface area contributed by atoms with E-state index >= 15 is 0 Å². The van der Waals surface area contributed by atoms with Crippen LogP contribution in [-0.2, 0) is 11.3 Å². The van der Waals surface area contributed by atoms with Crippen LogP contribution >= 0.6 is 0 Å². The Hall–Kier alpha value is -2.38. The van der Waals surface area contributed by atoms with Gasteiger partial charge in [-0.15, -0.1) is 0 Å². The molecule has 1 aliphatic rings. The van der Waals surface area contributed by atoms with Crippen LogP contribution in [0.25, 0.3) is 21.9 Å². The highest BCUT2D eigenvalue weighted by atomic mass is 16.5. The van der Waals surface area contributed by atoms with Gasteiger partial charge in [-0.3, -0.25) is 9.36 Å². The van der Waals surface area contributed by atoms with Gasteiger partial charge in [0.25, 0.3) is 5.56 Å². The minimum Gasteiger partial charge on any atom is -0.494 e. The number of rotatable bonds is 6. The number of fused-ring (bicyclic) bond motifs is 3. The zero-order chi connectivity index (χ0) is 17.9. The van der Waals surface area contributed by atoms with Crippen LogP contribution in [0.4, 0.5) is 0 Å². The molecule has 138 valence electrons. The summed E-state index contributed by atoms with van der Waals surface area (Å²) in [4.78, 5) is 22.1. The lowest BCUT2D eigenvalue weighted by atomic mass is 10.2. The number of aromatic nitrogens is 3. The van der Waals surface area contributed by atoms with E-state index in [1.807, 2.05) is 25.1 Å². The van der Waals surface area contributed by atoms with Gasteiger partial charge in [-0.1, -0.05) is 0 Å². The Labute approximate surface area is 151 Å². The lowest BCUT2D eigenvalue weighted by Gasteiger charge is -2.23. The van der Waals surface area contributed by atoms with Crippen molar-refractivity contribution >= 4 is 21.9 Å². The lowest BCUT2D eigenvalue weighted by molar-refractivity contribution is -0.908. The molecule has 0 saturated carbocycles. The van der Waals surface area contributed by atoms with E-state index in [9.17, 15) is 4.79 Å². The maximum Gasteiger partial charge on any atom is 0.277 e. The Kier molecular flexibility index (Phi) is 4.90. The first-order chi connectivity index (χ1) is 12.8. The van der Waals surface area contributed by atoms with Crippen molar-refractivity contribution in [2.75, 3.05) is 39.5 Å². The molecule has 0 atom stereocenters. The number of nitrogens with zero attached hydrogens (tertiary/aromatic N) is 2. The monoisotopic (exact) mass is 357 g/mol. The number of ether oxygens (including phenoxy) is 2. The van der Waals surface area contributed by atoms with Gasteiger partial charge in [0, 0.05) is 23.9 Å². The van der Waals surface area contributed by atoms with Gasteiger partial charge < -0.3 is 19.4 Å². The molecule has 1 fully saturated rings. The highest BCUT2D eigenvalue weighted by Crippen LogP contribution is 2.25. The van der Waals surface area contributed by atoms with Crippen LogP contribution in [0.3, 0.4) is 0 Å². The average molecular weight is 357 g/mol. The molecule has 7 nitrogen and oxygen atoms in total. The van der Waals surface area contributed by atoms with Crippen molar-refractivity contribution in [2.24, 2.45) is 0 Å². The second-order valence-corrected chi connectivity index (χ2v) is 6.70. The van der Waals surface area contributed by atoms with Crippen molar-refractivity contribution in [3.8, 4) is 5.75 Å². The second kappa shape index (κ2) is 7.47. The maximum atomic E-state index is 12.8. The number of aromatic amines is 1. The Morgan fingerprint density at radius 3 is 3.00 bits per heavy atom. The van der Waals surface area contributed by atoms with Gasteiger partial charge in [-0.25, -0.2) is 4.98 Å². The molecule has 0 aliphatic carbocycles. The summed E-state index contributed by atoms with van der Waals surface area (Å²) in [6.45, 7) is 8.08. The summed E-state index contributed by atoms with van der Waals surface area (Å²) in [7, 11) is 0. The number of aryl methyl sites for hydroxylation is 1. The minimum absolute atomic E-state index is 0.0128. The van der Waals surface area contributed by atoms with E-state index in [1.165, 1.54) is 0 Å². The van der Waals surface area contributed by atoms with Crippen LogP contribution < -0.4 is 15.2 Å². The molecule has 4 rings (SSSR count). The largest absolute Gasteiger partial charge is 0.494 e. The van der Waals surface area contributed by atoms with Crippen LogP contribution in [0.15, 0.2) is 29.3 Å². The highest BCUT2D eigenvalue weighted by molar-refractivity contribution is 6.04. The van der Waals surface area contributed by atoms with E-state index in [0.29, 0.717) is 24.2 Å². The van der Waals surface area contributed by atoms with Crippen LogP contribution in [0.2, 0.25) is 0 Å². The number of quaternary nitrogens is 1. The molecule has 0 amide bonds. The van der Waals surface area contributed by atoms with Crippen molar-refractivity contribution in [2.45, 2.75) is 19.9 Å². The second-order valence-electron chi connectivity index (χ2n) is 6.70. The lowest BCUT2D eigenvalue weighted by Crippen LogP contribution is -3.14. The molecule has 7 heteroatoms. The number of nitrogens with one attached hydrogen (secondary N) is 2. The van der Waals surface area contributed by atoms with Gasteiger partial charge >= 0.3 is 0 Å². The average Bonchev–Trinajstić information content (AvgIpc) is 3.04. The third-order valence-electron chi connectivity index (χ3n) is 4.98. The van der Waals surface area contributed by atoms with Gasteiger partial charge in [0.05, 0.1) is 32.7 Å². The first kappa shape index (κ1) is 17.1. The summed E-state index contributed by atoms with van der Waals surface area (Å²) >= 11 is 0. The van der Waals surface area contributed by atoms with Gasteiger partial charge in [-0.05, 0) is 25.1 Å². The summed E-state index contributed by atoms with van der Waals surface area (Å²) < 4.78 is 12.7. The summed E-state index contributed by atoms with van der Waals surface area (Å²) in [5.41, 5.74) is 2.17. The van der Waals surface area contributed by atoms with Crippen LogP contribution in [0.5, 0.6) is 5.75 Å². The molecule has 2 aromatic heterocycles. The molecule has 0 unspecified atom stereocenters. The smallest absolute Gasteiger partial charge is 0.277 e. The fourth-order valence-corrected chi connectivity index (χ4v) is 3.59. The van der Waals surface area contributed by atoms with Crippen LogP contribution in [-0.4, -0.2) is 54.0 Å². The molecule has 3 aromatic rings. The molecule has 2 N–H and O–H groups in total. The molecule has 1 saturated heterocycles. The third-order valence-corrected chi connectivity index (χ3v) is 4.98. The number of H-pyrrole nitrogens is 1. The number of hydrogen-bond acceptors (Lipinski definition) is 4. The van der Waals surface area contributed by atoms with E-state index in [-0.39, 0.29) is 5.56 Å². The summed E-state index contributed by atoms with van der Waals surface area (Å²) in [6, 6.07) is 5.79. The van der Waals surface area contributed by atoms with Crippen molar-refractivity contribution in [3.05, 3.63) is 34.9 Å². The zero-order valence-electron chi connectivity index (χ0n) is 15.1. The molecular formula is C19H25N4O3+. The van der Waals surface area contributed by atoms with Crippen LogP contribution in [0.1, 0.15) is 13.3 Å². The quantitative estimate of drug-likeness (QED) is 0.677. The summed E-state index contributed by atoms with van der Waals surface area (Å²) in [5.74, 6) is 0.792. The van der Waals surface area contributed by atoms with Crippen molar-refractivity contribution < 1.29 is 14.4 Å². The summed E-state index contributed by atoms with van der Waals surface area (Å²) in [6.07, 6.45) is 2.62.